The lowest BCUT2D eigenvalue weighted by Gasteiger charge is -2.16. The van der Waals surface area contributed by atoms with Crippen molar-refractivity contribution >= 4 is 5.57 Å². The molecular formula is C26H26. The average Bonchev–Trinajstić information content (AvgIpc) is 2.67. The summed E-state index contributed by atoms with van der Waals surface area (Å²) in [6.07, 6.45) is 6.37. The summed E-state index contributed by atoms with van der Waals surface area (Å²) in [6, 6.07) is 24.1. The molecular weight excluding hydrogens is 312 g/mol. The zero-order valence-electron chi connectivity index (χ0n) is 16.1. The van der Waals surface area contributed by atoms with Gasteiger partial charge in [-0.1, -0.05) is 78.4 Å². The normalized spacial score (nSPS) is 11.9. The maximum Gasteiger partial charge on any atom is -0.0142 e. The molecule has 0 aliphatic rings. The minimum absolute atomic E-state index is 1.26. The highest BCUT2D eigenvalue weighted by Crippen LogP contribution is 2.35. The van der Waals surface area contributed by atoms with Gasteiger partial charge in [0, 0.05) is 0 Å². The number of rotatable bonds is 4. The van der Waals surface area contributed by atoms with Crippen LogP contribution in [0, 0.1) is 13.8 Å². The van der Waals surface area contributed by atoms with Crippen molar-refractivity contribution in [1.82, 2.24) is 0 Å². The number of benzene rings is 3. The summed E-state index contributed by atoms with van der Waals surface area (Å²) < 4.78 is 0. The summed E-state index contributed by atoms with van der Waals surface area (Å²) in [4.78, 5) is 0. The van der Waals surface area contributed by atoms with Gasteiger partial charge in [-0.15, -0.1) is 0 Å². The van der Waals surface area contributed by atoms with Gasteiger partial charge in [0.2, 0.25) is 0 Å². The van der Waals surface area contributed by atoms with Gasteiger partial charge in [0.15, 0.2) is 0 Å². The minimum Gasteiger partial charge on any atom is -0.0877 e. The van der Waals surface area contributed by atoms with Crippen LogP contribution in [0.3, 0.4) is 0 Å². The van der Waals surface area contributed by atoms with Gasteiger partial charge in [-0.3, -0.25) is 0 Å². The van der Waals surface area contributed by atoms with Gasteiger partial charge in [-0.2, -0.15) is 0 Å². The molecule has 130 valence electrons. The molecule has 0 spiro atoms. The van der Waals surface area contributed by atoms with Crippen LogP contribution in [0.4, 0.5) is 0 Å². The molecule has 0 aliphatic carbocycles. The van der Waals surface area contributed by atoms with E-state index in [1.807, 2.05) is 0 Å². The Kier molecular flexibility index (Phi) is 5.53. The van der Waals surface area contributed by atoms with Gasteiger partial charge in [0.1, 0.15) is 0 Å². The zero-order chi connectivity index (χ0) is 18.5. The molecule has 0 atom stereocenters. The van der Waals surface area contributed by atoms with Crippen LogP contribution in [0.15, 0.2) is 85.0 Å². The van der Waals surface area contributed by atoms with Gasteiger partial charge in [0.05, 0.1) is 0 Å². The third-order valence-corrected chi connectivity index (χ3v) is 4.81. The molecule has 0 nitrogen and oxygen atoms in total. The first-order chi connectivity index (χ1) is 12.6. The van der Waals surface area contributed by atoms with Crippen molar-refractivity contribution in [1.29, 1.82) is 0 Å². The van der Waals surface area contributed by atoms with Crippen molar-refractivity contribution in [2.75, 3.05) is 0 Å². The molecule has 0 heteroatoms. The van der Waals surface area contributed by atoms with E-state index >= 15 is 0 Å². The van der Waals surface area contributed by atoms with E-state index in [4.69, 9.17) is 0 Å². The number of hydrogen-bond acceptors (Lipinski definition) is 0. The van der Waals surface area contributed by atoms with Crippen LogP contribution in [-0.2, 0) is 0 Å². The largest absolute Gasteiger partial charge is 0.0877 e. The molecule has 0 bridgehead atoms. The monoisotopic (exact) mass is 338 g/mol. The molecule has 0 radical (unpaired) electrons. The number of allylic oxidation sites excluding steroid dienone is 4. The Labute approximate surface area is 157 Å². The Bertz CT molecular complexity index is 957. The van der Waals surface area contributed by atoms with E-state index in [1.165, 1.54) is 44.5 Å². The molecule has 0 amide bonds. The van der Waals surface area contributed by atoms with E-state index in [9.17, 15) is 0 Å². The zero-order valence-corrected chi connectivity index (χ0v) is 16.1. The van der Waals surface area contributed by atoms with Crippen molar-refractivity contribution in [2.45, 2.75) is 27.7 Å². The summed E-state index contributed by atoms with van der Waals surface area (Å²) in [6.45, 7) is 8.62. The Balaban J connectivity index is 2.26. The molecule has 0 fully saturated rings. The first kappa shape index (κ1) is 17.9. The van der Waals surface area contributed by atoms with Crippen LogP contribution in [0.1, 0.15) is 30.5 Å². The van der Waals surface area contributed by atoms with Crippen molar-refractivity contribution < 1.29 is 0 Å². The predicted molar refractivity (Wildman–Crippen MR) is 115 cm³/mol. The Morgan fingerprint density at radius 1 is 0.769 bits per heavy atom. The molecule has 0 saturated carbocycles. The quantitative estimate of drug-likeness (QED) is 0.429. The molecule has 0 saturated heterocycles. The number of aryl methyl sites for hydroxylation is 1. The van der Waals surface area contributed by atoms with Gasteiger partial charge in [-0.05, 0) is 78.8 Å². The molecule has 0 unspecified atom stereocenters. The van der Waals surface area contributed by atoms with Crippen molar-refractivity contribution in [2.24, 2.45) is 0 Å². The highest BCUT2D eigenvalue weighted by atomic mass is 14.2. The molecule has 0 aromatic heterocycles. The fourth-order valence-electron chi connectivity index (χ4n) is 3.36. The standard InChI is InChI=1S/C26H26/c1-5-6-12-20(3)25-17-24(23-15-10-11-19(2)16-23)18-26(21(25)4)22-13-8-7-9-14-22/h5-18H,1-4H3. The lowest BCUT2D eigenvalue weighted by Crippen LogP contribution is -1.93. The fraction of sp³-hybridized carbons (Fsp3) is 0.154. The molecule has 0 heterocycles. The second kappa shape index (κ2) is 8.01. The first-order valence-corrected chi connectivity index (χ1v) is 9.17. The second-order valence-corrected chi connectivity index (χ2v) is 6.81. The Morgan fingerprint density at radius 2 is 1.50 bits per heavy atom. The molecule has 3 aromatic rings. The maximum absolute atomic E-state index is 2.33. The third kappa shape index (κ3) is 3.86. The van der Waals surface area contributed by atoms with E-state index in [0.29, 0.717) is 0 Å². The van der Waals surface area contributed by atoms with Gasteiger partial charge in [0.25, 0.3) is 0 Å². The molecule has 0 aliphatic heterocycles. The predicted octanol–water partition coefficient (Wildman–Crippen LogP) is 7.62. The summed E-state index contributed by atoms with van der Waals surface area (Å²) in [5.74, 6) is 0. The first-order valence-electron chi connectivity index (χ1n) is 9.17. The number of hydrogen-bond donors (Lipinski definition) is 0. The molecule has 0 N–H and O–H groups in total. The van der Waals surface area contributed by atoms with Crippen molar-refractivity contribution in [3.63, 3.8) is 0 Å². The smallest absolute Gasteiger partial charge is 0.0142 e. The van der Waals surface area contributed by atoms with Gasteiger partial charge < -0.3 is 0 Å². The van der Waals surface area contributed by atoms with E-state index in [0.717, 1.165) is 0 Å². The Morgan fingerprint density at radius 3 is 2.19 bits per heavy atom. The van der Waals surface area contributed by atoms with E-state index < -0.39 is 0 Å². The summed E-state index contributed by atoms with van der Waals surface area (Å²) in [5, 5.41) is 0. The maximum atomic E-state index is 2.33. The highest BCUT2D eigenvalue weighted by molar-refractivity contribution is 5.83. The Hall–Kier alpha value is -2.86. The SMILES string of the molecule is CC=CC=C(C)c1cc(-c2cccc(C)c2)cc(-c2ccccc2)c1C. The summed E-state index contributed by atoms with van der Waals surface area (Å²) in [5.41, 5.74) is 10.3. The van der Waals surface area contributed by atoms with Crippen molar-refractivity contribution in [3.8, 4) is 22.3 Å². The summed E-state index contributed by atoms with van der Waals surface area (Å²) >= 11 is 0. The summed E-state index contributed by atoms with van der Waals surface area (Å²) in [7, 11) is 0. The minimum atomic E-state index is 1.26. The lowest BCUT2D eigenvalue weighted by molar-refractivity contribution is 1.39. The molecule has 26 heavy (non-hydrogen) atoms. The van der Waals surface area contributed by atoms with Gasteiger partial charge >= 0.3 is 0 Å². The third-order valence-electron chi connectivity index (χ3n) is 4.81. The highest BCUT2D eigenvalue weighted by Gasteiger charge is 2.11. The van der Waals surface area contributed by atoms with Crippen LogP contribution >= 0.6 is 0 Å². The second-order valence-electron chi connectivity index (χ2n) is 6.81. The fourth-order valence-corrected chi connectivity index (χ4v) is 3.36. The molecule has 3 aromatic carbocycles. The van der Waals surface area contributed by atoms with E-state index in [2.05, 4.69) is 113 Å². The topological polar surface area (TPSA) is 0 Å². The van der Waals surface area contributed by atoms with Crippen LogP contribution in [0.25, 0.3) is 27.8 Å². The van der Waals surface area contributed by atoms with E-state index in [1.54, 1.807) is 0 Å². The lowest BCUT2D eigenvalue weighted by atomic mass is 9.88. The van der Waals surface area contributed by atoms with Crippen LogP contribution in [0.2, 0.25) is 0 Å². The van der Waals surface area contributed by atoms with Crippen molar-refractivity contribution in [3.05, 3.63) is 102 Å². The van der Waals surface area contributed by atoms with Crippen LogP contribution in [-0.4, -0.2) is 0 Å². The average molecular weight is 338 g/mol. The van der Waals surface area contributed by atoms with E-state index in [-0.39, 0.29) is 0 Å². The van der Waals surface area contributed by atoms with Crippen LogP contribution in [0.5, 0.6) is 0 Å². The van der Waals surface area contributed by atoms with Gasteiger partial charge in [-0.25, -0.2) is 0 Å². The van der Waals surface area contributed by atoms with Crippen LogP contribution < -0.4 is 0 Å². The molecule has 3 rings (SSSR count).